The monoisotopic (exact) mass is 253 g/mol. The molecule has 1 amide bonds. The lowest BCUT2D eigenvalue weighted by molar-refractivity contribution is -0.385. The number of nitrogens with zero attached hydrogens (tertiary/aromatic N) is 1. The summed E-state index contributed by atoms with van der Waals surface area (Å²) in [6.45, 7) is 0.322. The van der Waals surface area contributed by atoms with E-state index in [1.807, 2.05) is 5.43 Å². The van der Waals surface area contributed by atoms with Gasteiger partial charge in [-0.25, -0.2) is 5.84 Å². The first kappa shape index (κ1) is 13.9. The first-order valence-corrected chi connectivity index (χ1v) is 5.51. The van der Waals surface area contributed by atoms with Crippen LogP contribution >= 0.6 is 0 Å². The number of hydrogen-bond donors (Lipinski definition) is 2. The zero-order valence-electron chi connectivity index (χ0n) is 9.80. The molecule has 0 radical (unpaired) electrons. The number of carbonyl (C=O) groups is 1. The molecule has 3 N–H and O–H groups in total. The van der Waals surface area contributed by atoms with Crippen molar-refractivity contribution in [2.45, 2.75) is 19.3 Å². The van der Waals surface area contributed by atoms with Gasteiger partial charge in [0.2, 0.25) is 5.91 Å². The van der Waals surface area contributed by atoms with Crippen LogP contribution in [-0.2, 0) is 4.79 Å². The highest BCUT2D eigenvalue weighted by Gasteiger charge is 2.13. The molecule has 0 saturated carbocycles. The smallest absolute Gasteiger partial charge is 0.310 e. The molecule has 0 fully saturated rings. The molecule has 0 atom stereocenters. The largest absolute Gasteiger partial charge is 0.487 e. The molecule has 7 heteroatoms. The highest BCUT2D eigenvalue weighted by atomic mass is 16.6. The quantitative estimate of drug-likeness (QED) is 0.249. The Balaban J connectivity index is 2.35. The number of amides is 1. The number of carbonyl (C=O) groups excluding carboxylic acids is 1. The Morgan fingerprint density at radius 1 is 1.39 bits per heavy atom. The summed E-state index contributed by atoms with van der Waals surface area (Å²) in [6, 6.07) is 6.18. The molecular weight excluding hydrogens is 238 g/mol. The third-order valence-corrected chi connectivity index (χ3v) is 2.28. The number of rotatable bonds is 7. The zero-order chi connectivity index (χ0) is 13.4. The summed E-state index contributed by atoms with van der Waals surface area (Å²) < 4.78 is 5.31. The van der Waals surface area contributed by atoms with Crippen LogP contribution in [0.5, 0.6) is 5.75 Å². The molecule has 0 unspecified atom stereocenters. The number of para-hydroxylation sites is 2. The van der Waals surface area contributed by atoms with Crippen molar-refractivity contribution >= 4 is 11.6 Å². The number of nitro groups is 1. The van der Waals surface area contributed by atoms with Crippen LogP contribution in [0.25, 0.3) is 0 Å². The van der Waals surface area contributed by atoms with Gasteiger partial charge in [-0.15, -0.1) is 0 Å². The van der Waals surface area contributed by atoms with Crippen molar-refractivity contribution in [3.05, 3.63) is 34.4 Å². The Morgan fingerprint density at radius 3 is 2.78 bits per heavy atom. The SMILES string of the molecule is NNC(=O)CCCCOc1ccccc1[N+](=O)[O-]. The summed E-state index contributed by atoms with van der Waals surface area (Å²) in [6.07, 6.45) is 1.56. The topological polar surface area (TPSA) is 107 Å². The summed E-state index contributed by atoms with van der Waals surface area (Å²) in [5, 5.41) is 10.7. The zero-order valence-corrected chi connectivity index (χ0v) is 9.80. The normalized spacial score (nSPS) is 9.83. The number of hydrazine groups is 1. The van der Waals surface area contributed by atoms with Crippen LogP contribution in [0, 0.1) is 10.1 Å². The second-order valence-electron chi connectivity index (χ2n) is 3.60. The van der Waals surface area contributed by atoms with Gasteiger partial charge < -0.3 is 4.74 Å². The maximum atomic E-state index is 10.8. The van der Waals surface area contributed by atoms with E-state index in [1.165, 1.54) is 6.07 Å². The number of nitrogens with two attached hydrogens (primary N) is 1. The molecule has 0 heterocycles. The first-order valence-electron chi connectivity index (χ1n) is 5.51. The number of benzene rings is 1. The van der Waals surface area contributed by atoms with Crippen LogP contribution in [0.15, 0.2) is 24.3 Å². The van der Waals surface area contributed by atoms with Crippen molar-refractivity contribution in [2.75, 3.05) is 6.61 Å². The molecule has 0 spiro atoms. The van der Waals surface area contributed by atoms with Crippen molar-refractivity contribution in [1.82, 2.24) is 5.43 Å². The van der Waals surface area contributed by atoms with E-state index in [4.69, 9.17) is 10.6 Å². The number of nitrogens with one attached hydrogen (secondary N) is 1. The lowest BCUT2D eigenvalue weighted by atomic mass is 10.2. The van der Waals surface area contributed by atoms with Gasteiger partial charge in [-0.3, -0.25) is 20.3 Å². The van der Waals surface area contributed by atoms with Gasteiger partial charge in [0.1, 0.15) is 0 Å². The maximum absolute atomic E-state index is 10.8. The number of hydrogen-bond acceptors (Lipinski definition) is 5. The van der Waals surface area contributed by atoms with Crippen molar-refractivity contribution in [1.29, 1.82) is 0 Å². The lowest BCUT2D eigenvalue weighted by Gasteiger charge is -2.06. The predicted molar refractivity (Wildman–Crippen MR) is 64.8 cm³/mol. The molecule has 7 nitrogen and oxygen atoms in total. The molecule has 0 aliphatic carbocycles. The molecule has 1 rings (SSSR count). The molecular formula is C11H15N3O4. The summed E-state index contributed by atoms with van der Waals surface area (Å²) in [5.74, 6) is 4.93. The van der Waals surface area contributed by atoms with Crippen molar-refractivity contribution in [3.8, 4) is 5.75 Å². The summed E-state index contributed by atoms with van der Waals surface area (Å²) >= 11 is 0. The molecule has 0 saturated heterocycles. The molecule has 1 aromatic rings. The Morgan fingerprint density at radius 2 is 2.11 bits per heavy atom. The summed E-state index contributed by atoms with van der Waals surface area (Å²) in [4.78, 5) is 21.0. The number of nitro benzene ring substituents is 1. The Bertz CT molecular complexity index is 423. The second-order valence-corrected chi connectivity index (χ2v) is 3.60. The van der Waals surface area contributed by atoms with Crippen LogP contribution in [0.1, 0.15) is 19.3 Å². The van der Waals surface area contributed by atoms with Crippen molar-refractivity contribution < 1.29 is 14.5 Å². The number of unbranched alkanes of at least 4 members (excludes halogenated alkanes) is 1. The van der Waals surface area contributed by atoms with E-state index in [9.17, 15) is 14.9 Å². The summed E-state index contributed by atoms with van der Waals surface area (Å²) in [5.41, 5.74) is 1.97. The Labute approximate surface area is 104 Å². The minimum Gasteiger partial charge on any atom is -0.487 e. The van der Waals surface area contributed by atoms with Gasteiger partial charge in [0.25, 0.3) is 0 Å². The molecule has 18 heavy (non-hydrogen) atoms. The van der Waals surface area contributed by atoms with Crippen LogP contribution in [0.2, 0.25) is 0 Å². The maximum Gasteiger partial charge on any atom is 0.310 e. The van der Waals surface area contributed by atoms with Gasteiger partial charge in [0.05, 0.1) is 11.5 Å². The molecule has 0 bridgehead atoms. The molecule has 1 aromatic carbocycles. The highest BCUT2D eigenvalue weighted by molar-refractivity contribution is 5.75. The van der Waals surface area contributed by atoms with E-state index in [1.54, 1.807) is 18.2 Å². The molecule has 0 aliphatic heterocycles. The average molecular weight is 253 g/mol. The third-order valence-electron chi connectivity index (χ3n) is 2.28. The van der Waals surface area contributed by atoms with E-state index >= 15 is 0 Å². The van der Waals surface area contributed by atoms with Crippen LogP contribution in [0.3, 0.4) is 0 Å². The molecule has 98 valence electrons. The van der Waals surface area contributed by atoms with Crippen LogP contribution < -0.4 is 16.0 Å². The fourth-order valence-corrected chi connectivity index (χ4v) is 1.37. The molecule has 0 aromatic heterocycles. The number of ether oxygens (including phenoxy) is 1. The Kier molecular flexibility index (Phi) is 5.59. The minimum atomic E-state index is -0.489. The Hall–Kier alpha value is -2.15. The standard InChI is InChI=1S/C11H15N3O4/c12-13-11(15)7-3-4-8-18-10-6-2-1-5-9(10)14(16)17/h1-2,5-6H,3-4,7-8,12H2,(H,13,15). The molecule has 0 aliphatic rings. The van der Waals surface area contributed by atoms with Crippen molar-refractivity contribution in [2.24, 2.45) is 5.84 Å². The van der Waals surface area contributed by atoms with E-state index in [-0.39, 0.29) is 17.3 Å². The van der Waals surface area contributed by atoms with Gasteiger partial charge in [-0.05, 0) is 18.9 Å². The van der Waals surface area contributed by atoms with Gasteiger partial charge in [-0.2, -0.15) is 0 Å². The third kappa shape index (κ3) is 4.38. The van der Waals surface area contributed by atoms with E-state index in [0.717, 1.165) is 0 Å². The summed E-state index contributed by atoms with van der Waals surface area (Å²) in [7, 11) is 0. The lowest BCUT2D eigenvalue weighted by Crippen LogP contribution is -2.29. The predicted octanol–water partition coefficient (Wildman–Crippen LogP) is 1.13. The fourth-order valence-electron chi connectivity index (χ4n) is 1.37. The first-order chi connectivity index (χ1) is 8.65. The van der Waals surface area contributed by atoms with Crippen LogP contribution in [-0.4, -0.2) is 17.4 Å². The average Bonchev–Trinajstić information content (AvgIpc) is 2.38. The fraction of sp³-hybridized carbons (Fsp3) is 0.364. The van der Waals surface area contributed by atoms with E-state index in [0.29, 0.717) is 25.9 Å². The van der Waals surface area contributed by atoms with Crippen LogP contribution in [0.4, 0.5) is 5.69 Å². The highest BCUT2D eigenvalue weighted by Crippen LogP contribution is 2.25. The second kappa shape index (κ2) is 7.23. The van der Waals surface area contributed by atoms with E-state index in [2.05, 4.69) is 0 Å². The van der Waals surface area contributed by atoms with E-state index < -0.39 is 4.92 Å². The van der Waals surface area contributed by atoms with Gasteiger partial charge >= 0.3 is 5.69 Å². The van der Waals surface area contributed by atoms with Gasteiger partial charge in [0.15, 0.2) is 5.75 Å². The van der Waals surface area contributed by atoms with Crippen molar-refractivity contribution in [3.63, 3.8) is 0 Å². The minimum absolute atomic E-state index is 0.0581. The van der Waals surface area contributed by atoms with Gasteiger partial charge in [0, 0.05) is 12.5 Å². The van der Waals surface area contributed by atoms with Gasteiger partial charge in [-0.1, -0.05) is 12.1 Å².